The Morgan fingerprint density at radius 2 is 1.95 bits per heavy atom. The summed E-state index contributed by atoms with van der Waals surface area (Å²) in [5, 5.41) is 3.06. The van der Waals surface area contributed by atoms with E-state index in [1.165, 1.54) is 24.0 Å². The molecule has 19 heavy (non-hydrogen) atoms. The lowest BCUT2D eigenvalue weighted by molar-refractivity contribution is -0.127. The number of hydrogen-bond acceptors (Lipinski definition) is 2. The minimum atomic E-state index is -0.442. The lowest BCUT2D eigenvalue weighted by Gasteiger charge is -2.18. The predicted octanol–water partition coefficient (Wildman–Crippen LogP) is 3.13. The van der Waals surface area contributed by atoms with Crippen molar-refractivity contribution in [3.05, 3.63) is 29.3 Å². The number of amides is 1. The van der Waals surface area contributed by atoms with Gasteiger partial charge in [0.25, 0.3) is 5.91 Å². The van der Waals surface area contributed by atoms with Crippen LogP contribution in [0, 0.1) is 13.8 Å². The van der Waals surface area contributed by atoms with Crippen LogP contribution in [0.15, 0.2) is 18.2 Å². The number of rotatable bonds is 4. The fourth-order valence-electron chi connectivity index (χ4n) is 2.43. The molecule has 1 aliphatic rings. The van der Waals surface area contributed by atoms with Crippen molar-refractivity contribution in [3.8, 4) is 5.75 Å². The van der Waals surface area contributed by atoms with E-state index < -0.39 is 6.10 Å². The van der Waals surface area contributed by atoms with Crippen molar-refractivity contribution in [2.24, 2.45) is 0 Å². The highest BCUT2D eigenvalue weighted by molar-refractivity contribution is 5.81. The van der Waals surface area contributed by atoms with Crippen LogP contribution in [0.3, 0.4) is 0 Å². The number of aryl methyl sites for hydroxylation is 2. The third-order valence-corrected chi connectivity index (χ3v) is 3.86. The summed E-state index contributed by atoms with van der Waals surface area (Å²) in [7, 11) is 0. The maximum Gasteiger partial charge on any atom is 0.260 e. The fraction of sp³-hybridized carbons (Fsp3) is 0.562. The SMILES string of the molecule is Cc1ccc(OC(C)C(=O)NC2CCCC2)cc1C. The number of benzene rings is 1. The summed E-state index contributed by atoms with van der Waals surface area (Å²) in [4.78, 5) is 12.0. The molecular weight excluding hydrogens is 238 g/mol. The zero-order valence-corrected chi connectivity index (χ0v) is 12.0. The Morgan fingerprint density at radius 3 is 2.58 bits per heavy atom. The molecule has 1 aromatic rings. The molecule has 2 rings (SSSR count). The van der Waals surface area contributed by atoms with E-state index >= 15 is 0 Å². The van der Waals surface area contributed by atoms with Crippen LogP contribution >= 0.6 is 0 Å². The van der Waals surface area contributed by atoms with Crippen molar-refractivity contribution in [3.63, 3.8) is 0 Å². The standard InChI is InChI=1S/C16H23NO2/c1-11-8-9-15(10-12(11)2)19-13(3)16(18)17-14-6-4-5-7-14/h8-10,13-14H,4-7H2,1-3H3,(H,17,18). The predicted molar refractivity (Wildman–Crippen MR) is 76.4 cm³/mol. The maximum atomic E-state index is 12.0. The average molecular weight is 261 g/mol. The van der Waals surface area contributed by atoms with Crippen molar-refractivity contribution in [1.82, 2.24) is 5.32 Å². The first-order chi connectivity index (χ1) is 9.06. The first-order valence-corrected chi connectivity index (χ1v) is 7.10. The molecule has 1 aromatic carbocycles. The topological polar surface area (TPSA) is 38.3 Å². The molecule has 1 aliphatic carbocycles. The average Bonchev–Trinajstić information content (AvgIpc) is 2.86. The summed E-state index contributed by atoms with van der Waals surface area (Å²) in [5.74, 6) is 0.752. The van der Waals surface area contributed by atoms with E-state index in [2.05, 4.69) is 12.2 Å². The monoisotopic (exact) mass is 261 g/mol. The minimum absolute atomic E-state index is 0.00914. The number of carbonyl (C=O) groups excluding carboxylic acids is 1. The maximum absolute atomic E-state index is 12.0. The van der Waals surface area contributed by atoms with Crippen LogP contribution in [0.2, 0.25) is 0 Å². The van der Waals surface area contributed by atoms with E-state index in [1.54, 1.807) is 6.92 Å². The van der Waals surface area contributed by atoms with Gasteiger partial charge in [0.2, 0.25) is 0 Å². The molecule has 3 nitrogen and oxygen atoms in total. The van der Waals surface area contributed by atoms with Gasteiger partial charge in [-0.15, -0.1) is 0 Å². The van der Waals surface area contributed by atoms with Crippen molar-refractivity contribution >= 4 is 5.91 Å². The Bertz CT molecular complexity index is 450. The second-order valence-corrected chi connectivity index (χ2v) is 5.50. The molecule has 0 aliphatic heterocycles. The first kappa shape index (κ1) is 13.9. The molecule has 0 radical (unpaired) electrons. The summed E-state index contributed by atoms with van der Waals surface area (Å²) in [6.45, 7) is 5.92. The third kappa shape index (κ3) is 3.72. The van der Waals surface area contributed by atoms with Gasteiger partial charge in [0, 0.05) is 6.04 Å². The van der Waals surface area contributed by atoms with Gasteiger partial charge in [-0.2, -0.15) is 0 Å². The Kier molecular flexibility index (Phi) is 4.46. The van der Waals surface area contributed by atoms with E-state index in [0.717, 1.165) is 18.6 Å². The molecule has 1 unspecified atom stereocenters. The van der Waals surface area contributed by atoms with Gasteiger partial charge in [0.1, 0.15) is 5.75 Å². The van der Waals surface area contributed by atoms with Crippen molar-refractivity contribution in [2.45, 2.75) is 58.6 Å². The van der Waals surface area contributed by atoms with E-state index in [-0.39, 0.29) is 5.91 Å². The van der Waals surface area contributed by atoms with Gasteiger partial charge in [-0.1, -0.05) is 18.9 Å². The zero-order valence-electron chi connectivity index (χ0n) is 12.0. The quantitative estimate of drug-likeness (QED) is 0.904. The van der Waals surface area contributed by atoms with Gasteiger partial charge >= 0.3 is 0 Å². The van der Waals surface area contributed by atoms with Gasteiger partial charge in [-0.05, 0) is 56.9 Å². The van der Waals surface area contributed by atoms with Crippen LogP contribution in [-0.2, 0) is 4.79 Å². The first-order valence-electron chi connectivity index (χ1n) is 7.10. The number of ether oxygens (including phenoxy) is 1. The van der Waals surface area contributed by atoms with Crippen LogP contribution in [-0.4, -0.2) is 18.1 Å². The van der Waals surface area contributed by atoms with Crippen LogP contribution in [0.4, 0.5) is 0 Å². The van der Waals surface area contributed by atoms with E-state index in [1.807, 2.05) is 25.1 Å². The molecule has 1 fully saturated rings. The normalized spacial score (nSPS) is 17.2. The van der Waals surface area contributed by atoms with Gasteiger partial charge in [0.15, 0.2) is 6.10 Å². The summed E-state index contributed by atoms with van der Waals surface area (Å²) >= 11 is 0. The number of carbonyl (C=O) groups is 1. The molecular formula is C16H23NO2. The van der Waals surface area contributed by atoms with Crippen molar-refractivity contribution in [2.75, 3.05) is 0 Å². The van der Waals surface area contributed by atoms with Gasteiger partial charge in [0.05, 0.1) is 0 Å². The molecule has 0 heterocycles. The van der Waals surface area contributed by atoms with Gasteiger partial charge < -0.3 is 10.1 Å². The molecule has 0 spiro atoms. The van der Waals surface area contributed by atoms with Crippen LogP contribution < -0.4 is 10.1 Å². The second-order valence-electron chi connectivity index (χ2n) is 5.50. The second kappa shape index (κ2) is 6.09. The molecule has 1 N–H and O–H groups in total. The Hall–Kier alpha value is -1.51. The summed E-state index contributed by atoms with van der Waals surface area (Å²) in [6, 6.07) is 6.26. The fourth-order valence-corrected chi connectivity index (χ4v) is 2.43. The molecule has 0 aromatic heterocycles. The molecule has 1 saturated carbocycles. The lowest BCUT2D eigenvalue weighted by atomic mass is 10.1. The van der Waals surface area contributed by atoms with E-state index in [0.29, 0.717) is 6.04 Å². The molecule has 1 amide bonds. The highest BCUT2D eigenvalue weighted by Gasteiger charge is 2.21. The smallest absolute Gasteiger partial charge is 0.260 e. The van der Waals surface area contributed by atoms with Crippen LogP contribution in [0.25, 0.3) is 0 Å². The minimum Gasteiger partial charge on any atom is -0.481 e. The Balaban J connectivity index is 1.90. The van der Waals surface area contributed by atoms with E-state index in [9.17, 15) is 4.79 Å². The summed E-state index contributed by atoms with van der Waals surface area (Å²) in [5.41, 5.74) is 2.41. The molecule has 1 atom stereocenters. The summed E-state index contributed by atoms with van der Waals surface area (Å²) in [6.07, 6.45) is 4.20. The molecule has 0 saturated heterocycles. The molecule has 104 valence electrons. The van der Waals surface area contributed by atoms with Crippen LogP contribution in [0.5, 0.6) is 5.75 Å². The molecule has 0 bridgehead atoms. The largest absolute Gasteiger partial charge is 0.481 e. The van der Waals surface area contributed by atoms with Crippen LogP contribution in [0.1, 0.15) is 43.7 Å². The van der Waals surface area contributed by atoms with Gasteiger partial charge in [-0.25, -0.2) is 0 Å². The number of hydrogen-bond donors (Lipinski definition) is 1. The highest BCUT2D eigenvalue weighted by atomic mass is 16.5. The van der Waals surface area contributed by atoms with Gasteiger partial charge in [-0.3, -0.25) is 4.79 Å². The Morgan fingerprint density at radius 1 is 1.26 bits per heavy atom. The van der Waals surface area contributed by atoms with Crippen molar-refractivity contribution in [1.29, 1.82) is 0 Å². The Labute approximate surface area is 115 Å². The molecule has 3 heteroatoms. The lowest BCUT2D eigenvalue weighted by Crippen LogP contribution is -2.41. The highest BCUT2D eigenvalue weighted by Crippen LogP contribution is 2.19. The van der Waals surface area contributed by atoms with E-state index in [4.69, 9.17) is 4.74 Å². The zero-order chi connectivity index (χ0) is 13.8. The third-order valence-electron chi connectivity index (χ3n) is 3.86. The number of nitrogens with one attached hydrogen (secondary N) is 1. The van der Waals surface area contributed by atoms with Crippen molar-refractivity contribution < 1.29 is 9.53 Å². The summed E-state index contributed by atoms with van der Waals surface area (Å²) < 4.78 is 5.71.